The van der Waals surface area contributed by atoms with E-state index in [0.717, 1.165) is 13.1 Å². The first-order valence-electron chi connectivity index (χ1n) is 10.7. The number of likely N-dealkylation sites (tertiary alicyclic amines) is 1. The van der Waals surface area contributed by atoms with Gasteiger partial charge in [-0.25, -0.2) is 0 Å². The van der Waals surface area contributed by atoms with Crippen LogP contribution in [0, 0.1) is 0 Å². The molecule has 0 spiro atoms. The van der Waals surface area contributed by atoms with Crippen LogP contribution in [-0.2, 0) is 14.3 Å². The lowest BCUT2D eigenvalue weighted by Gasteiger charge is -2.31. The first-order chi connectivity index (χ1) is 16.3. The summed E-state index contributed by atoms with van der Waals surface area (Å²) < 4.78 is 10.5. The van der Waals surface area contributed by atoms with Gasteiger partial charge in [0, 0.05) is 32.2 Å². The molecule has 0 unspecified atom stereocenters. The predicted octanol–water partition coefficient (Wildman–Crippen LogP) is 3.46. The monoisotopic (exact) mass is 506 g/mol. The lowest BCUT2D eigenvalue weighted by Crippen LogP contribution is -2.42. The van der Waals surface area contributed by atoms with Crippen LogP contribution in [0.1, 0.15) is 17.2 Å². The van der Waals surface area contributed by atoms with Crippen molar-refractivity contribution in [3.63, 3.8) is 0 Å². The third kappa shape index (κ3) is 4.72. The molecular formula is C24H24Cl2N2O6. The number of phenolic OH excluding ortho intramolecular Hbond substituents is 1. The number of rotatable bonds is 6. The van der Waals surface area contributed by atoms with Crippen molar-refractivity contribution in [2.45, 2.75) is 6.04 Å². The molecular weight excluding hydrogens is 483 g/mol. The van der Waals surface area contributed by atoms with Crippen molar-refractivity contribution in [3.8, 4) is 11.5 Å². The van der Waals surface area contributed by atoms with E-state index in [4.69, 9.17) is 32.7 Å². The summed E-state index contributed by atoms with van der Waals surface area (Å²) in [6, 6.07) is 8.19. The number of aliphatic hydroxyl groups is 1. The third-order valence-corrected chi connectivity index (χ3v) is 6.76. The molecule has 1 atom stereocenters. The van der Waals surface area contributed by atoms with E-state index in [-0.39, 0.29) is 28.5 Å². The summed E-state index contributed by atoms with van der Waals surface area (Å²) in [7, 11) is 1.44. The highest BCUT2D eigenvalue weighted by Crippen LogP contribution is 2.42. The van der Waals surface area contributed by atoms with Gasteiger partial charge in [0.25, 0.3) is 11.7 Å². The number of amides is 1. The van der Waals surface area contributed by atoms with Crippen LogP contribution in [0.25, 0.3) is 5.76 Å². The Morgan fingerprint density at radius 2 is 1.82 bits per heavy atom. The van der Waals surface area contributed by atoms with Gasteiger partial charge in [0.15, 0.2) is 0 Å². The Hall–Kier alpha value is -2.78. The number of ether oxygens (including phenoxy) is 2. The maximum absolute atomic E-state index is 13.1. The fourth-order valence-electron chi connectivity index (χ4n) is 4.20. The van der Waals surface area contributed by atoms with Gasteiger partial charge < -0.3 is 24.6 Å². The molecule has 4 rings (SSSR count). The Kier molecular flexibility index (Phi) is 7.33. The Balaban J connectivity index is 1.78. The van der Waals surface area contributed by atoms with Gasteiger partial charge in [-0.1, -0.05) is 29.3 Å². The molecule has 10 heteroatoms. The Bertz CT molecular complexity index is 1150. The topological polar surface area (TPSA) is 99.5 Å². The van der Waals surface area contributed by atoms with Gasteiger partial charge in [-0.3, -0.25) is 14.5 Å². The molecule has 2 N–H and O–H groups in total. The highest BCUT2D eigenvalue weighted by molar-refractivity contribution is 6.47. The molecule has 2 fully saturated rings. The van der Waals surface area contributed by atoms with Crippen molar-refractivity contribution in [1.29, 1.82) is 0 Å². The molecule has 2 saturated heterocycles. The van der Waals surface area contributed by atoms with Gasteiger partial charge in [0.1, 0.15) is 17.3 Å². The van der Waals surface area contributed by atoms with E-state index in [0.29, 0.717) is 36.1 Å². The Morgan fingerprint density at radius 3 is 2.47 bits per heavy atom. The number of aromatic hydroxyl groups is 1. The van der Waals surface area contributed by atoms with E-state index in [1.54, 1.807) is 18.2 Å². The molecule has 0 bridgehead atoms. The molecule has 2 aliphatic rings. The molecule has 2 heterocycles. The molecule has 0 radical (unpaired) electrons. The van der Waals surface area contributed by atoms with Crippen molar-refractivity contribution >= 4 is 40.7 Å². The number of halogens is 2. The van der Waals surface area contributed by atoms with Crippen LogP contribution in [0.15, 0.2) is 42.0 Å². The molecule has 34 heavy (non-hydrogen) atoms. The van der Waals surface area contributed by atoms with Gasteiger partial charge in [-0.2, -0.15) is 0 Å². The number of phenols is 1. The number of hydrogen-bond acceptors (Lipinski definition) is 7. The van der Waals surface area contributed by atoms with E-state index in [2.05, 4.69) is 4.90 Å². The number of ketones is 1. The van der Waals surface area contributed by atoms with Gasteiger partial charge in [0.2, 0.25) is 0 Å². The largest absolute Gasteiger partial charge is 0.507 e. The molecule has 180 valence electrons. The smallest absolute Gasteiger partial charge is 0.295 e. The summed E-state index contributed by atoms with van der Waals surface area (Å²) in [4.78, 5) is 29.8. The minimum Gasteiger partial charge on any atom is -0.507 e. The van der Waals surface area contributed by atoms with Crippen molar-refractivity contribution in [1.82, 2.24) is 9.80 Å². The number of carbonyl (C=O) groups is 2. The normalized spacial score (nSPS) is 20.7. The van der Waals surface area contributed by atoms with Crippen LogP contribution >= 0.6 is 23.2 Å². The zero-order valence-corrected chi connectivity index (χ0v) is 20.0. The summed E-state index contributed by atoms with van der Waals surface area (Å²) >= 11 is 12.3. The van der Waals surface area contributed by atoms with Crippen LogP contribution in [0.3, 0.4) is 0 Å². The van der Waals surface area contributed by atoms with E-state index < -0.39 is 23.5 Å². The van der Waals surface area contributed by atoms with Crippen LogP contribution < -0.4 is 4.74 Å². The molecule has 2 aromatic carbocycles. The van der Waals surface area contributed by atoms with Crippen LogP contribution in [0.2, 0.25) is 10.0 Å². The number of hydrogen-bond donors (Lipinski definition) is 2. The number of aliphatic hydroxyl groups excluding tert-OH is 1. The Labute approximate surface area is 206 Å². The first kappa shape index (κ1) is 24.3. The quantitative estimate of drug-likeness (QED) is 0.351. The second-order valence-corrected chi connectivity index (χ2v) is 8.82. The molecule has 2 aliphatic heterocycles. The van der Waals surface area contributed by atoms with E-state index in [1.165, 1.54) is 30.2 Å². The number of carbonyl (C=O) groups excluding carboxylic acids is 2. The number of nitrogens with zero attached hydrogens (tertiary/aromatic N) is 2. The molecule has 0 aromatic heterocycles. The molecule has 2 aromatic rings. The first-order valence-corrected chi connectivity index (χ1v) is 11.5. The minimum atomic E-state index is -0.905. The lowest BCUT2D eigenvalue weighted by molar-refractivity contribution is -0.140. The molecule has 1 amide bonds. The highest BCUT2D eigenvalue weighted by atomic mass is 35.5. The average Bonchev–Trinajstić information content (AvgIpc) is 3.09. The third-order valence-electron chi connectivity index (χ3n) is 6.02. The fourth-order valence-corrected chi connectivity index (χ4v) is 4.50. The number of Topliss-reactive ketones (excluding diaryl/α,β-unsaturated/α-hetero) is 1. The number of morpholine rings is 1. The second kappa shape index (κ2) is 10.2. The Morgan fingerprint density at radius 1 is 1.09 bits per heavy atom. The number of methoxy groups -OCH3 is 1. The molecule has 8 nitrogen and oxygen atoms in total. The maximum Gasteiger partial charge on any atom is 0.295 e. The highest BCUT2D eigenvalue weighted by Gasteiger charge is 2.46. The van der Waals surface area contributed by atoms with Crippen molar-refractivity contribution in [3.05, 3.63) is 63.1 Å². The van der Waals surface area contributed by atoms with Crippen molar-refractivity contribution in [2.24, 2.45) is 0 Å². The van der Waals surface area contributed by atoms with Crippen molar-refractivity contribution in [2.75, 3.05) is 46.5 Å². The van der Waals surface area contributed by atoms with Crippen LogP contribution in [-0.4, -0.2) is 78.2 Å². The fraction of sp³-hybridized carbons (Fsp3) is 0.333. The minimum absolute atomic E-state index is 0.0111. The van der Waals surface area contributed by atoms with Gasteiger partial charge in [-0.15, -0.1) is 0 Å². The predicted molar refractivity (Wildman–Crippen MR) is 127 cm³/mol. The van der Waals surface area contributed by atoms with Gasteiger partial charge in [0.05, 0.1) is 47.5 Å². The standard InChI is InChI=1S/C24H24Cl2N2O6/c1-33-15-3-4-16(19(29)13-15)22(30)20-21(14-2-5-17(25)18(26)12-14)28(24(32)23(20)31)7-6-27-8-10-34-11-9-27/h2-5,12-13,21,29-30H,6-11H2,1H3/t21-/m1/s1. The van der Waals surface area contributed by atoms with Crippen LogP contribution in [0.5, 0.6) is 11.5 Å². The summed E-state index contributed by atoms with van der Waals surface area (Å²) in [5.74, 6) is -1.97. The van der Waals surface area contributed by atoms with Crippen LogP contribution in [0.4, 0.5) is 0 Å². The average molecular weight is 507 g/mol. The zero-order chi connectivity index (χ0) is 24.4. The molecule has 0 saturated carbocycles. The summed E-state index contributed by atoms with van der Waals surface area (Å²) in [6.45, 7) is 3.43. The zero-order valence-electron chi connectivity index (χ0n) is 18.5. The van der Waals surface area contributed by atoms with E-state index >= 15 is 0 Å². The summed E-state index contributed by atoms with van der Waals surface area (Å²) in [6.07, 6.45) is 0. The molecule has 0 aliphatic carbocycles. The SMILES string of the molecule is COc1ccc(C(O)=C2C(=O)C(=O)N(CCN3CCOCC3)[C@@H]2c2ccc(Cl)c(Cl)c2)c(O)c1. The summed E-state index contributed by atoms with van der Waals surface area (Å²) in [5.41, 5.74) is 0.396. The van der Waals surface area contributed by atoms with E-state index in [1.807, 2.05) is 0 Å². The van der Waals surface area contributed by atoms with Gasteiger partial charge in [-0.05, 0) is 29.8 Å². The van der Waals surface area contributed by atoms with E-state index in [9.17, 15) is 19.8 Å². The number of benzene rings is 2. The maximum atomic E-state index is 13.1. The summed E-state index contributed by atoms with van der Waals surface area (Å²) in [5, 5.41) is 22.2. The lowest BCUT2D eigenvalue weighted by atomic mass is 9.95. The van der Waals surface area contributed by atoms with Gasteiger partial charge >= 0.3 is 0 Å². The van der Waals surface area contributed by atoms with Crippen molar-refractivity contribution < 1.29 is 29.3 Å². The second-order valence-electron chi connectivity index (χ2n) is 8.00.